The van der Waals surface area contributed by atoms with E-state index in [1.807, 2.05) is 49.4 Å². The smallest absolute Gasteiger partial charge is 0.324 e. The van der Waals surface area contributed by atoms with Crippen molar-refractivity contribution in [3.8, 4) is 5.75 Å². The number of unbranched alkanes of at least 4 members (excludes halogenated alkanes) is 3. The molecular weight excluding hydrogens is 470 g/mol. The molecule has 0 spiro atoms. The molecule has 2 aromatic rings. The molecule has 0 saturated carbocycles. The van der Waals surface area contributed by atoms with Gasteiger partial charge in [-0.2, -0.15) is 5.11 Å². The Kier molecular flexibility index (Phi) is 12.8. The summed E-state index contributed by atoms with van der Waals surface area (Å²) in [5, 5.41) is 14.5. The summed E-state index contributed by atoms with van der Waals surface area (Å²) >= 11 is 0. The van der Waals surface area contributed by atoms with Gasteiger partial charge in [-0.25, -0.2) is 13.1 Å². The van der Waals surface area contributed by atoms with E-state index < -0.39 is 22.0 Å². The van der Waals surface area contributed by atoms with E-state index in [-0.39, 0.29) is 18.8 Å². The standard InChI is InChI=1S/C25H35N3O6S/c1-2-3-18-35(31,32)27-24(25(29)34-20-22-10-6-4-7-11-22)19-21-12-14-23(15-13-21)33-17-9-5-8-16-26-28-30/h4,6-7,10-15,24,27H,2-3,5,8-9,16-20H2,1H3,(H,26,30)/t24-/m0/s1. The zero-order valence-corrected chi connectivity index (χ0v) is 21.0. The van der Waals surface area contributed by atoms with Crippen molar-refractivity contribution in [2.75, 3.05) is 18.9 Å². The van der Waals surface area contributed by atoms with Crippen LogP contribution in [0.15, 0.2) is 65.0 Å². The molecule has 1 atom stereocenters. The van der Waals surface area contributed by atoms with Crippen molar-refractivity contribution >= 4 is 16.0 Å². The molecule has 0 saturated heterocycles. The van der Waals surface area contributed by atoms with Crippen molar-refractivity contribution in [3.05, 3.63) is 65.7 Å². The van der Waals surface area contributed by atoms with Gasteiger partial charge in [-0.3, -0.25) is 4.79 Å². The molecule has 9 nitrogen and oxygen atoms in total. The Hall–Kier alpha value is -2.98. The SMILES string of the molecule is CCCCS(=O)(=O)N[C@@H](Cc1ccc(OCCCCCN=NO)cc1)C(=O)OCc1ccccc1. The second-order valence-electron chi connectivity index (χ2n) is 8.15. The normalized spacial score (nSPS) is 12.5. The fourth-order valence-electron chi connectivity index (χ4n) is 3.27. The summed E-state index contributed by atoms with van der Waals surface area (Å²) in [5.74, 6) is 0.0345. The third-order valence-corrected chi connectivity index (χ3v) is 6.66. The van der Waals surface area contributed by atoms with Gasteiger partial charge < -0.3 is 14.7 Å². The molecule has 2 rings (SSSR count). The Morgan fingerprint density at radius 2 is 1.74 bits per heavy atom. The molecule has 2 N–H and O–H groups in total. The van der Waals surface area contributed by atoms with Gasteiger partial charge in [-0.15, -0.1) is 0 Å². The van der Waals surface area contributed by atoms with Crippen LogP contribution in [0.4, 0.5) is 0 Å². The predicted molar refractivity (Wildman–Crippen MR) is 133 cm³/mol. The lowest BCUT2D eigenvalue weighted by molar-refractivity contribution is -0.147. The summed E-state index contributed by atoms with van der Waals surface area (Å²) in [6, 6.07) is 15.4. The van der Waals surface area contributed by atoms with Crippen molar-refractivity contribution < 1.29 is 27.9 Å². The van der Waals surface area contributed by atoms with Gasteiger partial charge in [0.05, 0.1) is 18.9 Å². The van der Waals surface area contributed by atoms with Crippen LogP contribution in [0.25, 0.3) is 0 Å². The first-order valence-electron chi connectivity index (χ1n) is 11.9. The Morgan fingerprint density at radius 1 is 1.00 bits per heavy atom. The van der Waals surface area contributed by atoms with E-state index in [2.05, 4.69) is 15.1 Å². The molecule has 0 aliphatic rings. The summed E-state index contributed by atoms with van der Waals surface area (Å²) in [6.07, 6.45) is 3.98. The van der Waals surface area contributed by atoms with E-state index in [9.17, 15) is 13.2 Å². The van der Waals surface area contributed by atoms with E-state index in [4.69, 9.17) is 14.7 Å². The van der Waals surface area contributed by atoms with Crippen molar-refractivity contribution in [1.82, 2.24) is 4.72 Å². The number of ether oxygens (including phenoxy) is 2. The first-order chi connectivity index (χ1) is 16.9. The van der Waals surface area contributed by atoms with Crippen LogP contribution in [0.2, 0.25) is 0 Å². The lowest BCUT2D eigenvalue weighted by Gasteiger charge is -2.18. The number of carbonyl (C=O) groups is 1. The number of nitrogens with one attached hydrogen (secondary N) is 1. The maximum Gasteiger partial charge on any atom is 0.324 e. The number of rotatable bonds is 17. The van der Waals surface area contributed by atoms with E-state index >= 15 is 0 Å². The fraction of sp³-hybridized carbons (Fsp3) is 0.480. The van der Waals surface area contributed by atoms with Gasteiger partial charge >= 0.3 is 5.97 Å². The van der Waals surface area contributed by atoms with Gasteiger partial charge in [0.15, 0.2) is 0 Å². The Balaban J connectivity index is 1.95. The van der Waals surface area contributed by atoms with Crippen LogP contribution in [0.3, 0.4) is 0 Å². The van der Waals surface area contributed by atoms with Crippen LogP contribution < -0.4 is 9.46 Å². The highest BCUT2D eigenvalue weighted by molar-refractivity contribution is 7.89. The van der Waals surface area contributed by atoms with E-state index in [1.54, 1.807) is 12.1 Å². The van der Waals surface area contributed by atoms with Gasteiger partial charge in [-0.05, 0) is 55.4 Å². The third kappa shape index (κ3) is 11.8. The number of carbonyl (C=O) groups excluding carboxylic acids is 1. The average molecular weight is 506 g/mol. The fourth-order valence-corrected chi connectivity index (χ4v) is 4.67. The minimum absolute atomic E-state index is 0.0401. The Bertz CT molecular complexity index is 998. The molecular formula is C25H35N3O6S. The zero-order chi connectivity index (χ0) is 25.4. The van der Waals surface area contributed by atoms with E-state index in [0.29, 0.717) is 25.3 Å². The second kappa shape index (κ2) is 15.8. The monoisotopic (exact) mass is 505 g/mol. The number of nitrogens with zero attached hydrogens (tertiary/aromatic N) is 2. The summed E-state index contributed by atoms with van der Waals surface area (Å²) in [7, 11) is -3.62. The van der Waals surface area contributed by atoms with E-state index in [0.717, 1.165) is 36.8 Å². The maximum absolute atomic E-state index is 12.8. The molecule has 0 fully saturated rings. The molecule has 0 aliphatic heterocycles. The molecule has 2 aromatic carbocycles. The third-order valence-electron chi connectivity index (χ3n) is 5.19. The second-order valence-corrected chi connectivity index (χ2v) is 10.0. The predicted octanol–water partition coefficient (Wildman–Crippen LogP) is 4.45. The molecule has 0 bridgehead atoms. The van der Waals surface area contributed by atoms with Crippen molar-refractivity contribution in [3.63, 3.8) is 0 Å². The van der Waals surface area contributed by atoms with Crippen LogP contribution >= 0.6 is 0 Å². The minimum atomic E-state index is -3.62. The highest BCUT2D eigenvalue weighted by atomic mass is 32.2. The zero-order valence-electron chi connectivity index (χ0n) is 20.1. The highest BCUT2D eigenvalue weighted by Crippen LogP contribution is 2.15. The molecule has 0 aromatic heterocycles. The van der Waals surface area contributed by atoms with Gasteiger partial charge in [-0.1, -0.05) is 55.8 Å². The number of hydrogen-bond acceptors (Lipinski definition) is 7. The Morgan fingerprint density at radius 3 is 2.43 bits per heavy atom. The van der Waals surface area contributed by atoms with Gasteiger partial charge in [0.1, 0.15) is 18.4 Å². The molecule has 10 heteroatoms. The number of benzene rings is 2. The van der Waals surface area contributed by atoms with Gasteiger partial charge in [0.2, 0.25) is 10.0 Å². The molecule has 0 radical (unpaired) electrons. The first kappa shape index (κ1) is 28.3. The van der Waals surface area contributed by atoms with Crippen molar-refractivity contribution in [2.45, 2.75) is 58.1 Å². The summed E-state index contributed by atoms with van der Waals surface area (Å²) in [6.45, 7) is 3.01. The van der Waals surface area contributed by atoms with Crippen LogP contribution in [0.1, 0.15) is 50.2 Å². The lowest BCUT2D eigenvalue weighted by Crippen LogP contribution is -2.44. The van der Waals surface area contributed by atoms with Crippen LogP contribution in [-0.4, -0.2) is 44.5 Å². The van der Waals surface area contributed by atoms with E-state index in [1.165, 1.54) is 0 Å². The molecule has 0 unspecified atom stereocenters. The average Bonchev–Trinajstić information content (AvgIpc) is 2.86. The number of sulfonamides is 1. The van der Waals surface area contributed by atoms with Crippen LogP contribution in [0.5, 0.6) is 5.75 Å². The summed E-state index contributed by atoms with van der Waals surface area (Å²) in [4.78, 5) is 12.8. The topological polar surface area (TPSA) is 127 Å². The summed E-state index contributed by atoms with van der Waals surface area (Å²) < 4.78 is 38.7. The molecule has 0 aliphatic carbocycles. The highest BCUT2D eigenvalue weighted by Gasteiger charge is 2.26. The van der Waals surface area contributed by atoms with Gasteiger partial charge in [0, 0.05) is 5.28 Å². The number of hydrogen-bond donors (Lipinski definition) is 2. The van der Waals surface area contributed by atoms with Crippen molar-refractivity contribution in [1.29, 1.82) is 0 Å². The lowest BCUT2D eigenvalue weighted by atomic mass is 10.1. The van der Waals surface area contributed by atoms with Gasteiger partial charge in [0.25, 0.3) is 0 Å². The molecule has 0 heterocycles. The maximum atomic E-state index is 12.8. The summed E-state index contributed by atoms with van der Waals surface area (Å²) in [5.41, 5.74) is 1.61. The minimum Gasteiger partial charge on any atom is -0.494 e. The molecule has 35 heavy (non-hydrogen) atoms. The Labute approximate surface area is 207 Å². The largest absolute Gasteiger partial charge is 0.494 e. The number of esters is 1. The quantitative estimate of drug-likeness (QED) is 0.142. The molecule has 192 valence electrons. The first-order valence-corrected chi connectivity index (χ1v) is 13.5. The molecule has 0 amide bonds. The van der Waals surface area contributed by atoms with Crippen molar-refractivity contribution in [2.24, 2.45) is 10.4 Å². The van der Waals surface area contributed by atoms with Crippen LogP contribution in [-0.2, 0) is 32.6 Å². The van der Waals surface area contributed by atoms with Crippen LogP contribution in [0, 0.1) is 0 Å².